The molecule has 23 heavy (non-hydrogen) atoms. The molecule has 1 aliphatic rings. The fourth-order valence-electron chi connectivity index (χ4n) is 2.95. The smallest absolute Gasteiger partial charge is 0.172 e. The van der Waals surface area contributed by atoms with Crippen LogP contribution in [-0.2, 0) is 4.79 Å². The van der Waals surface area contributed by atoms with Crippen molar-refractivity contribution in [1.29, 1.82) is 5.26 Å². The van der Waals surface area contributed by atoms with Crippen LogP contribution in [0.4, 0.5) is 0 Å². The first-order chi connectivity index (χ1) is 11.3. The van der Waals surface area contributed by atoms with Crippen molar-refractivity contribution in [3.8, 4) is 6.07 Å². The topological polar surface area (TPSA) is 69.5 Å². The van der Waals surface area contributed by atoms with Crippen molar-refractivity contribution in [1.82, 2.24) is 9.97 Å². The standard InChI is InChI=1S/C18H13N3OS/c19-10-12-15(22)17(23-16(12)11-6-2-1-3-7-11)18-20-13-8-4-5-9-14(13)21-18/h1-9,12,16-17H,(H,20,21)/t12-,16-,17?/m0/s1. The van der Waals surface area contributed by atoms with Gasteiger partial charge in [0.15, 0.2) is 5.78 Å². The molecule has 2 aromatic carbocycles. The highest BCUT2D eigenvalue weighted by atomic mass is 32.2. The molecule has 0 amide bonds. The lowest BCUT2D eigenvalue weighted by atomic mass is 9.95. The van der Waals surface area contributed by atoms with Crippen LogP contribution in [0.2, 0.25) is 0 Å². The summed E-state index contributed by atoms with van der Waals surface area (Å²) in [7, 11) is 0. The van der Waals surface area contributed by atoms with Gasteiger partial charge in [-0.05, 0) is 17.7 Å². The van der Waals surface area contributed by atoms with E-state index >= 15 is 0 Å². The van der Waals surface area contributed by atoms with Gasteiger partial charge in [0.05, 0.1) is 22.4 Å². The van der Waals surface area contributed by atoms with Gasteiger partial charge in [0.1, 0.15) is 17.0 Å². The summed E-state index contributed by atoms with van der Waals surface area (Å²) in [4.78, 5) is 20.5. The number of hydrogen-bond donors (Lipinski definition) is 1. The van der Waals surface area contributed by atoms with E-state index < -0.39 is 11.2 Å². The highest BCUT2D eigenvalue weighted by Crippen LogP contribution is 2.53. The lowest BCUT2D eigenvalue weighted by Crippen LogP contribution is -2.14. The normalized spacial score (nSPS) is 24.0. The van der Waals surface area contributed by atoms with E-state index in [1.165, 1.54) is 11.8 Å². The molecule has 1 saturated heterocycles. The summed E-state index contributed by atoms with van der Waals surface area (Å²) < 4.78 is 0. The van der Waals surface area contributed by atoms with Crippen LogP contribution in [0.1, 0.15) is 21.9 Å². The molecule has 0 bridgehead atoms. The number of ketones is 1. The Bertz CT molecular complexity index is 880. The van der Waals surface area contributed by atoms with Crippen LogP contribution < -0.4 is 0 Å². The maximum Gasteiger partial charge on any atom is 0.172 e. The third-order valence-corrected chi connectivity index (χ3v) is 5.64. The average molecular weight is 319 g/mol. The van der Waals surface area contributed by atoms with Crippen LogP contribution >= 0.6 is 11.8 Å². The number of fused-ring (bicyclic) bond motifs is 1. The van der Waals surface area contributed by atoms with Gasteiger partial charge in [-0.2, -0.15) is 5.26 Å². The third kappa shape index (κ3) is 2.32. The zero-order valence-corrected chi connectivity index (χ0v) is 13.0. The van der Waals surface area contributed by atoms with Crippen LogP contribution in [-0.4, -0.2) is 15.8 Å². The number of thioether (sulfide) groups is 1. The minimum Gasteiger partial charge on any atom is -0.341 e. The molecule has 5 heteroatoms. The molecule has 1 aliphatic heterocycles. The van der Waals surface area contributed by atoms with E-state index in [1.807, 2.05) is 54.6 Å². The molecule has 0 radical (unpaired) electrons. The molecular weight excluding hydrogens is 306 g/mol. The molecule has 0 saturated carbocycles. The third-order valence-electron chi connectivity index (χ3n) is 4.07. The Morgan fingerprint density at radius 3 is 2.57 bits per heavy atom. The van der Waals surface area contributed by atoms with Gasteiger partial charge >= 0.3 is 0 Å². The molecule has 1 fully saturated rings. The average Bonchev–Trinajstić information content (AvgIpc) is 3.16. The predicted octanol–water partition coefficient (Wildman–Crippen LogP) is 3.80. The number of carbonyl (C=O) groups excluding carboxylic acids is 1. The van der Waals surface area contributed by atoms with Gasteiger partial charge in [0.25, 0.3) is 0 Å². The Morgan fingerprint density at radius 1 is 1.09 bits per heavy atom. The number of Topliss-reactive ketones (excluding diaryl/α,β-unsaturated/α-hetero) is 1. The fourth-order valence-corrected chi connectivity index (χ4v) is 4.43. The number of nitrogens with zero attached hydrogens (tertiary/aromatic N) is 2. The monoisotopic (exact) mass is 319 g/mol. The van der Waals surface area contributed by atoms with E-state index in [0.717, 1.165) is 16.6 Å². The Morgan fingerprint density at radius 2 is 1.83 bits per heavy atom. The van der Waals surface area contributed by atoms with Gasteiger partial charge < -0.3 is 4.98 Å². The number of nitrogens with one attached hydrogen (secondary N) is 1. The summed E-state index contributed by atoms with van der Waals surface area (Å²) in [6, 6.07) is 19.6. The Kier molecular flexibility index (Phi) is 3.40. The second-order valence-electron chi connectivity index (χ2n) is 5.50. The van der Waals surface area contributed by atoms with Gasteiger partial charge in [-0.1, -0.05) is 42.5 Å². The number of aromatic amines is 1. The Labute approximate surface area is 137 Å². The largest absolute Gasteiger partial charge is 0.341 e. The molecule has 3 aromatic rings. The minimum absolute atomic E-state index is 0.0644. The highest BCUT2D eigenvalue weighted by molar-refractivity contribution is 8.01. The van der Waals surface area contributed by atoms with Crippen molar-refractivity contribution in [3.05, 3.63) is 66.0 Å². The van der Waals surface area contributed by atoms with Crippen molar-refractivity contribution in [2.24, 2.45) is 5.92 Å². The zero-order chi connectivity index (χ0) is 15.8. The van der Waals surface area contributed by atoms with E-state index in [2.05, 4.69) is 16.0 Å². The Balaban J connectivity index is 1.73. The van der Waals surface area contributed by atoms with Crippen LogP contribution in [0.25, 0.3) is 11.0 Å². The number of H-pyrrole nitrogens is 1. The number of aromatic nitrogens is 2. The van der Waals surface area contributed by atoms with Crippen molar-refractivity contribution in [2.45, 2.75) is 10.5 Å². The summed E-state index contributed by atoms with van der Waals surface area (Å²) >= 11 is 1.51. The molecular formula is C18H13N3OS. The van der Waals surface area contributed by atoms with Gasteiger partial charge in [0, 0.05) is 0 Å². The maximum atomic E-state index is 12.7. The molecule has 0 aliphatic carbocycles. The molecule has 0 spiro atoms. The number of imidazole rings is 1. The van der Waals surface area contributed by atoms with E-state index in [-0.39, 0.29) is 11.0 Å². The molecule has 1 unspecified atom stereocenters. The summed E-state index contributed by atoms with van der Waals surface area (Å²) in [5.41, 5.74) is 2.76. The lowest BCUT2D eigenvalue weighted by molar-refractivity contribution is -0.120. The van der Waals surface area contributed by atoms with Gasteiger partial charge in [-0.3, -0.25) is 4.79 Å². The second kappa shape index (κ2) is 5.56. The maximum absolute atomic E-state index is 12.7. The molecule has 3 atom stereocenters. The molecule has 2 heterocycles. The highest BCUT2D eigenvalue weighted by Gasteiger charge is 2.45. The summed E-state index contributed by atoms with van der Waals surface area (Å²) in [6.07, 6.45) is 0. The molecule has 4 nitrogen and oxygen atoms in total. The van der Waals surface area contributed by atoms with Crippen molar-refractivity contribution >= 4 is 28.6 Å². The van der Waals surface area contributed by atoms with Crippen LogP contribution in [0.5, 0.6) is 0 Å². The van der Waals surface area contributed by atoms with Crippen LogP contribution in [0.15, 0.2) is 54.6 Å². The number of nitriles is 1. The first kappa shape index (κ1) is 14.0. The second-order valence-corrected chi connectivity index (χ2v) is 6.75. The van der Waals surface area contributed by atoms with E-state index in [1.54, 1.807) is 0 Å². The number of para-hydroxylation sites is 2. The number of hydrogen-bond acceptors (Lipinski definition) is 4. The Hall–Kier alpha value is -2.58. The van der Waals surface area contributed by atoms with Crippen LogP contribution in [0.3, 0.4) is 0 Å². The van der Waals surface area contributed by atoms with Gasteiger partial charge in [-0.15, -0.1) is 11.8 Å². The quantitative estimate of drug-likeness (QED) is 0.780. The first-order valence-electron chi connectivity index (χ1n) is 7.36. The number of benzene rings is 2. The summed E-state index contributed by atoms with van der Waals surface area (Å²) in [6.45, 7) is 0. The summed E-state index contributed by atoms with van der Waals surface area (Å²) in [5, 5.41) is 8.89. The van der Waals surface area contributed by atoms with Crippen molar-refractivity contribution in [3.63, 3.8) is 0 Å². The SMILES string of the molecule is N#C[C@H]1C(=O)C(c2nc3ccccc3[nH]2)S[C@H]1c1ccccc1. The number of rotatable bonds is 2. The molecule has 4 rings (SSSR count). The van der Waals surface area contributed by atoms with Gasteiger partial charge in [-0.25, -0.2) is 4.98 Å². The van der Waals surface area contributed by atoms with Crippen LogP contribution in [0, 0.1) is 17.2 Å². The predicted molar refractivity (Wildman–Crippen MR) is 89.7 cm³/mol. The fraction of sp³-hybridized carbons (Fsp3) is 0.167. The van der Waals surface area contributed by atoms with E-state index in [0.29, 0.717) is 5.82 Å². The van der Waals surface area contributed by atoms with E-state index in [9.17, 15) is 10.1 Å². The van der Waals surface area contributed by atoms with Gasteiger partial charge in [0.2, 0.25) is 0 Å². The lowest BCUT2D eigenvalue weighted by Gasteiger charge is -2.11. The zero-order valence-electron chi connectivity index (χ0n) is 12.1. The van der Waals surface area contributed by atoms with Crippen molar-refractivity contribution < 1.29 is 4.79 Å². The number of carbonyl (C=O) groups is 1. The minimum atomic E-state index is -0.638. The first-order valence-corrected chi connectivity index (χ1v) is 8.30. The molecule has 1 aromatic heterocycles. The van der Waals surface area contributed by atoms with Crippen molar-refractivity contribution in [2.75, 3.05) is 0 Å². The van der Waals surface area contributed by atoms with E-state index in [4.69, 9.17) is 0 Å². The summed E-state index contributed by atoms with van der Waals surface area (Å²) in [5.74, 6) is -0.0640. The molecule has 1 N–H and O–H groups in total. The molecule has 112 valence electrons.